The van der Waals surface area contributed by atoms with Crippen LogP contribution < -0.4 is 0 Å². The number of ether oxygens (including phenoxy) is 1. The summed E-state index contributed by atoms with van der Waals surface area (Å²) in [6.45, 7) is -3.57. The standard InChI is InChI=1S/C18H8F19NO6S2/c19-10(20)12(23,24)14(27,28)15(29,30)13(25,26)11(21,22)5-44-9(39)4-46(42,43)8-2-1-6(3-7(8)38(40)41)45-18(36,37)16(31,32)17(33,34)35/h1-3,10H,4-5H2. The molecule has 0 aliphatic rings. The number of benzene rings is 1. The topological polar surface area (TPSA) is 104 Å². The van der Waals surface area contributed by atoms with Gasteiger partial charge in [0.05, 0.1) is 4.92 Å². The van der Waals surface area contributed by atoms with E-state index in [1.807, 2.05) is 0 Å². The smallest absolute Gasteiger partial charge is 0.458 e. The van der Waals surface area contributed by atoms with E-state index < -0.39 is 114 Å². The lowest BCUT2D eigenvalue weighted by molar-refractivity contribution is -0.414. The maximum absolute atomic E-state index is 13.7. The van der Waals surface area contributed by atoms with E-state index in [1.165, 1.54) is 0 Å². The molecule has 1 aromatic carbocycles. The van der Waals surface area contributed by atoms with Gasteiger partial charge in [-0.25, -0.2) is 17.2 Å². The molecule has 7 nitrogen and oxygen atoms in total. The third-order valence-corrected chi connectivity index (χ3v) is 7.73. The molecule has 0 radical (unpaired) electrons. The van der Waals surface area contributed by atoms with E-state index in [4.69, 9.17) is 0 Å². The van der Waals surface area contributed by atoms with Crippen molar-refractivity contribution in [1.29, 1.82) is 0 Å². The molecule has 28 heteroatoms. The number of nitrogens with zero attached hydrogens (tertiary/aromatic N) is 1. The van der Waals surface area contributed by atoms with Crippen LogP contribution >= 0.6 is 11.8 Å². The number of thioether (sulfide) groups is 1. The van der Waals surface area contributed by atoms with Gasteiger partial charge in [-0.15, -0.1) is 0 Å². The minimum atomic E-state index is -8.04. The summed E-state index contributed by atoms with van der Waals surface area (Å²) in [7, 11) is -5.76. The van der Waals surface area contributed by atoms with Crippen molar-refractivity contribution in [2.75, 3.05) is 12.4 Å². The lowest BCUT2D eigenvalue weighted by atomic mass is 9.94. The molecule has 46 heavy (non-hydrogen) atoms. The molecular weight excluding hydrogens is 751 g/mol. The van der Waals surface area contributed by atoms with E-state index in [0.29, 0.717) is 0 Å². The molecule has 0 heterocycles. The van der Waals surface area contributed by atoms with Crippen LogP contribution in [0.25, 0.3) is 0 Å². The van der Waals surface area contributed by atoms with Crippen LogP contribution in [0.15, 0.2) is 28.0 Å². The minimum absolute atomic E-state index is 0.0810. The fraction of sp³-hybridized carbons (Fsp3) is 0.611. The summed E-state index contributed by atoms with van der Waals surface area (Å²) in [5.74, 6) is -50.1. The van der Waals surface area contributed by atoms with Gasteiger partial charge in [0.15, 0.2) is 22.2 Å². The summed E-state index contributed by atoms with van der Waals surface area (Å²) in [6.07, 6.45) is -12.7. The largest absolute Gasteiger partial charge is 0.460 e. The Hall–Kier alpha value is -2.94. The van der Waals surface area contributed by atoms with Crippen LogP contribution in [0.1, 0.15) is 0 Å². The van der Waals surface area contributed by atoms with Crippen LogP contribution in [-0.4, -0.2) is 85.1 Å². The normalized spacial score (nSPS) is 14.9. The van der Waals surface area contributed by atoms with Gasteiger partial charge in [-0.2, -0.15) is 74.6 Å². The summed E-state index contributed by atoms with van der Waals surface area (Å²) >= 11 is -1.69. The first kappa shape index (κ1) is 41.1. The minimum Gasteiger partial charge on any atom is -0.458 e. The van der Waals surface area contributed by atoms with Gasteiger partial charge >= 0.3 is 59.4 Å². The maximum Gasteiger partial charge on any atom is 0.460 e. The number of carbonyl (C=O) groups is 1. The summed E-state index contributed by atoms with van der Waals surface area (Å²) in [6, 6.07) is -0.642. The first-order valence-electron chi connectivity index (χ1n) is 10.4. The van der Waals surface area contributed by atoms with Gasteiger partial charge in [0, 0.05) is 11.0 Å². The number of esters is 1. The highest BCUT2D eigenvalue weighted by Crippen LogP contribution is 2.58. The van der Waals surface area contributed by atoms with Crippen molar-refractivity contribution >= 4 is 33.3 Å². The fourth-order valence-corrected chi connectivity index (χ4v) is 4.78. The number of rotatable bonds is 14. The molecule has 0 bridgehead atoms. The molecule has 0 aromatic heterocycles. The second-order valence-electron chi connectivity index (χ2n) is 8.35. The molecule has 0 fully saturated rings. The average Bonchev–Trinajstić information content (AvgIpc) is 2.85. The second kappa shape index (κ2) is 12.3. The van der Waals surface area contributed by atoms with E-state index in [2.05, 4.69) is 4.74 Å². The summed E-state index contributed by atoms with van der Waals surface area (Å²) in [4.78, 5) is 17.6. The molecule has 0 amide bonds. The average molecular weight is 759 g/mol. The Morgan fingerprint density at radius 2 is 1.28 bits per heavy atom. The van der Waals surface area contributed by atoms with Crippen LogP contribution in [0.3, 0.4) is 0 Å². The van der Waals surface area contributed by atoms with Crippen LogP contribution in [0.5, 0.6) is 0 Å². The SMILES string of the molecule is O=C(CS(=O)(=O)c1ccc(SC(F)(F)C(F)(F)C(F)(F)F)cc1[N+](=O)[O-])OCC(F)(F)C(F)(F)C(F)(F)C(F)(F)C(F)(F)C(F)F. The van der Waals surface area contributed by atoms with Crippen LogP contribution in [-0.2, 0) is 19.4 Å². The van der Waals surface area contributed by atoms with Gasteiger partial charge in [0.2, 0.25) is 0 Å². The van der Waals surface area contributed by atoms with Crippen molar-refractivity contribution < 1.29 is 106 Å². The number of hydrogen-bond donors (Lipinski definition) is 0. The van der Waals surface area contributed by atoms with E-state index in [9.17, 15) is 107 Å². The molecule has 1 aromatic rings. The highest BCUT2D eigenvalue weighted by molar-refractivity contribution is 8.00. The predicted molar refractivity (Wildman–Crippen MR) is 109 cm³/mol. The molecule has 0 saturated carbocycles. The summed E-state index contributed by atoms with van der Waals surface area (Å²) < 4.78 is 276. The van der Waals surface area contributed by atoms with Gasteiger partial charge in [-0.1, -0.05) is 0 Å². The van der Waals surface area contributed by atoms with Crippen molar-refractivity contribution in [3.8, 4) is 0 Å². The molecule has 0 N–H and O–H groups in total. The number of carbonyl (C=O) groups excluding carboxylic acids is 1. The number of alkyl halides is 19. The van der Waals surface area contributed by atoms with Crippen LogP contribution in [0.2, 0.25) is 0 Å². The van der Waals surface area contributed by atoms with Crippen molar-refractivity contribution in [2.24, 2.45) is 0 Å². The zero-order valence-corrected chi connectivity index (χ0v) is 22.3. The lowest BCUT2D eigenvalue weighted by Gasteiger charge is -2.38. The van der Waals surface area contributed by atoms with Gasteiger partial charge in [-0.05, 0) is 23.9 Å². The number of nitro groups is 1. The molecule has 0 unspecified atom stereocenters. The van der Waals surface area contributed by atoms with Crippen molar-refractivity contribution in [1.82, 2.24) is 0 Å². The molecule has 1 rings (SSSR count). The Bertz CT molecular complexity index is 1430. The van der Waals surface area contributed by atoms with Crippen molar-refractivity contribution in [2.45, 2.75) is 63.2 Å². The summed E-state index contributed by atoms with van der Waals surface area (Å²) in [5.41, 5.74) is -1.98. The molecule has 0 atom stereocenters. The second-order valence-corrected chi connectivity index (χ2v) is 11.5. The third kappa shape index (κ3) is 7.14. The van der Waals surface area contributed by atoms with E-state index >= 15 is 0 Å². The summed E-state index contributed by atoms with van der Waals surface area (Å²) in [5, 5.41) is 5.06. The quantitative estimate of drug-likeness (QED) is 0.0649. The molecule has 0 aliphatic heterocycles. The van der Waals surface area contributed by atoms with E-state index in [0.717, 1.165) is 0 Å². The Labute approximate surface area is 244 Å². The van der Waals surface area contributed by atoms with E-state index in [1.54, 1.807) is 0 Å². The molecule has 0 spiro atoms. The first-order valence-corrected chi connectivity index (χ1v) is 12.9. The lowest BCUT2D eigenvalue weighted by Crippen LogP contribution is -2.69. The number of hydrogen-bond acceptors (Lipinski definition) is 7. The van der Waals surface area contributed by atoms with Crippen molar-refractivity contribution in [3.05, 3.63) is 28.3 Å². The third-order valence-electron chi connectivity index (χ3n) is 5.09. The fourth-order valence-electron chi connectivity index (χ4n) is 2.65. The molecule has 0 saturated heterocycles. The zero-order chi connectivity index (χ0) is 36.9. The van der Waals surface area contributed by atoms with Gasteiger partial charge < -0.3 is 4.74 Å². The molecular formula is C18H8F19NO6S2. The Balaban J connectivity index is 3.31. The maximum atomic E-state index is 13.7. The first-order chi connectivity index (χ1) is 20.0. The number of halogens is 19. The number of nitro benzene ring substituents is 1. The Morgan fingerprint density at radius 3 is 1.70 bits per heavy atom. The van der Waals surface area contributed by atoms with Gasteiger partial charge in [-0.3, -0.25) is 14.9 Å². The van der Waals surface area contributed by atoms with E-state index in [-0.39, 0.29) is 18.2 Å². The Morgan fingerprint density at radius 1 is 0.804 bits per heavy atom. The number of sulfone groups is 1. The van der Waals surface area contributed by atoms with Gasteiger partial charge in [0.25, 0.3) is 5.69 Å². The monoisotopic (exact) mass is 759 g/mol. The Kier molecular flexibility index (Phi) is 10.9. The zero-order valence-electron chi connectivity index (χ0n) is 20.6. The molecule has 0 aliphatic carbocycles. The van der Waals surface area contributed by atoms with Crippen LogP contribution in [0, 0.1) is 10.1 Å². The highest BCUT2D eigenvalue weighted by Gasteiger charge is 2.88. The predicted octanol–water partition coefficient (Wildman–Crippen LogP) is 7.24. The van der Waals surface area contributed by atoms with Crippen LogP contribution in [0.4, 0.5) is 89.1 Å². The highest BCUT2D eigenvalue weighted by atomic mass is 32.2. The molecule has 266 valence electrons. The van der Waals surface area contributed by atoms with Crippen molar-refractivity contribution in [3.63, 3.8) is 0 Å². The van der Waals surface area contributed by atoms with Gasteiger partial charge in [0.1, 0.15) is 4.90 Å².